The number of unbranched alkanes of at least 4 members (excludes halogenated alkanes) is 2. The zero-order chi connectivity index (χ0) is 10.8. The van der Waals surface area contributed by atoms with Gasteiger partial charge in [-0.05, 0) is 41.8 Å². The number of hydrogen-bond donors (Lipinski definition) is 0. The molecule has 0 nitrogen and oxygen atoms in total. The van der Waals surface area contributed by atoms with Crippen LogP contribution in [0.2, 0.25) is 0 Å². The summed E-state index contributed by atoms with van der Waals surface area (Å²) in [4.78, 5) is 2.02. The van der Waals surface area contributed by atoms with Crippen molar-refractivity contribution in [1.29, 1.82) is 0 Å². The lowest BCUT2D eigenvalue weighted by Gasteiger charge is -2.09. The maximum atomic E-state index is 5.83. The zero-order valence-electron chi connectivity index (χ0n) is 9.15. The Morgan fingerprint density at radius 1 is 1.07 bits per heavy atom. The lowest BCUT2D eigenvalue weighted by atomic mass is 9.99. The number of rotatable bonds is 7. The van der Waals surface area contributed by atoms with E-state index >= 15 is 0 Å². The first-order chi connectivity index (χ1) is 6.79. The third kappa shape index (κ3) is 5.87. The Balaban J connectivity index is 4.18. The molecule has 0 aromatic carbocycles. The first kappa shape index (κ1) is 14.2. The van der Waals surface area contributed by atoms with Crippen molar-refractivity contribution in [3.8, 4) is 0 Å². The van der Waals surface area contributed by atoms with Crippen LogP contribution < -0.4 is 0 Å². The van der Waals surface area contributed by atoms with Gasteiger partial charge in [0, 0.05) is 5.54 Å². The van der Waals surface area contributed by atoms with Crippen LogP contribution in [0.1, 0.15) is 52.4 Å². The van der Waals surface area contributed by atoms with Crippen molar-refractivity contribution in [3.63, 3.8) is 0 Å². The van der Waals surface area contributed by atoms with Gasteiger partial charge in [-0.25, -0.2) is 0 Å². The summed E-state index contributed by atoms with van der Waals surface area (Å²) in [5.41, 5.74) is 4.38. The highest BCUT2D eigenvalue weighted by Gasteiger charge is 2.03. The van der Waals surface area contributed by atoms with Crippen LogP contribution in [-0.4, -0.2) is 0 Å². The minimum absolute atomic E-state index is 1.10. The molecule has 0 aliphatic rings. The molecule has 0 heterocycles. The summed E-state index contributed by atoms with van der Waals surface area (Å²) in [5, 5.41) is 0. The summed E-state index contributed by atoms with van der Waals surface area (Å²) < 4.78 is 0. The van der Waals surface area contributed by atoms with Crippen molar-refractivity contribution in [2.75, 3.05) is 0 Å². The van der Waals surface area contributed by atoms with E-state index in [0.717, 1.165) is 12.8 Å². The summed E-state index contributed by atoms with van der Waals surface area (Å²) in [6, 6.07) is 0. The van der Waals surface area contributed by atoms with Crippen LogP contribution in [0.4, 0.5) is 0 Å². The average Bonchev–Trinajstić information content (AvgIpc) is 2.23. The molecule has 0 aliphatic carbocycles. The highest BCUT2D eigenvalue weighted by molar-refractivity contribution is 9.11. The van der Waals surface area contributed by atoms with Gasteiger partial charge in [0.25, 0.3) is 0 Å². The molecule has 0 rings (SSSR count). The Labute approximate surface area is 102 Å². The normalized spacial score (nSPS) is 13.4. The minimum Gasteiger partial charge on any atom is -0.0926 e. The fourth-order valence-electron chi connectivity index (χ4n) is 1.30. The minimum atomic E-state index is 1.10. The lowest BCUT2D eigenvalue weighted by molar-refractivity contribution is 0.755. The first-order valence-electron chi connectivity index (χ1n) is 5.39. The molecule has 0 amide bonds. The molecule has 0 radical (unpaired) electrons. The van der Waals surface area contributed by atoms with Crippen LogP contribution in [0, 0.1) is 0 Å². The molecule has 0 saturated heterocycles. The second-order valence-corrected chi connectivity index (χ2v) is 4.15. The molecule has 0 saturated carbocycles. The molecule has 0 aliphatic heterocycles. The van der Waals surface area contributed by atoms with Gasteiger partial charge in [0.15, 0.2) is 0 Å². The Bertz CT molecular complexity index is 172. The largest absolute Gasteiger partial charge is 0.0926 e. The standard InChI is InChI=1S/C12H20BrCl/c1-3-5-7-11(9-13)12(10-14)8-6-4-2/h9-10H,3-8H2,1-2H3/b11-9-,12-10-. The predicted molar refractivity (Wildman–Crippen MR) is 70.0 cm³/mol. The van der Waals surface area contributed by atoms with Gasteiger partial charge in [-0.2, -0.15) is 0 Å². The van der Waals surface area contributed by atoms with E-state index in [1.54, 1.807) is 5.54 Å². The number of hydrogen-bond acceptors (Lipinski definition) is 0. The summed E-state index contributed by atoms with van der Waals surface area (Å²) in [7, 11) is 0. The van der Waals surface area contributed by atoms with Crippen LogP contribution in [0.3, 0.4) is 0 Å². The number of allylic oxidation sites excluding steroid dienone is 2. The van der Waals surface area contributed by atoms with E-state index in [-0.39, 0.29) is 0 Å². The quantitative estimate of drug-likeness (QED) is 0.519. The van der Waals surface area contributed by atoms with Gasteiger partial charge in [-0.15, -0.1) is 0 Å². The fourth-order valence-corrected chi connectivity index (χ4v) is 2.08. The molecule has 0 atom stereocenters. The number of halogens is 2. The molecule has 0 aromatic rings. The Morgan fingerprint density at radius 3 is 1.93 bits per heavy atom. The average molecular weight is 280 g/mol. The monoisotopic (exact) mass is 278 g/mol. The van der Waals surface area contributed by atoms with Crippen LogP contribution in [0.5, 0.6) is 0 Å². The predicted octanol–water partition coefficient (Wildman–Crippen LogP) is 5.77. The maximum Gasteiger partial charge on any atom is 0.00774 e. The topological polar surface area (TPSA) is 0 Å². The SMILES string of the molecule is CCCCC(=C/Cl)/C(=C\Br)CCCC. The molecule has 0 unspecified atom stereocenters. The van der Waals surface area contributed by atoms with Crippen molar-refractivity contribution in [2.24, 2.45) is 0 Å². The van der Waals surface area contributed by atoms with E-state index in [4.69, 9.17) is 11.6 Å². The van der Waals surface area contributed by atoms with Gasteiger partial charge in [0.1, 0.15) is 0 Å². The lowest BCUT2D eigenvalue weighted by Crippen LogP contribution is -1.90. The molecule has 82 valence electrons. The molecule has 0 bridgehead atoms. The van der Waals surface area contributed by atoms with E-state index in [9.17, 15) is 0 Å². The van der Waals surface area contributed by atoms with E-state index in [1.807, 2.05) is 4.99 Å². The van der Waals surface area contributed by atoms with E-state index in [1.165, 1.54) is 36.8 Å². The summed E-state index contributed by atoms with van der Waals surface area (Å²) in [6.45, 7) is 4.41. The van der Waals surface area contributed by atoms with Gasteiger partial charge in [-0.1, -0.05) is 54.2 Å². The molecule has 2 heteroatoms. The highest BCUT2D eigenvalue weighted by Crippen LogP contribution is 2.24. The first-order valence-corrected chi connectivity index (χ1v) is 6.74. The smallest absolute Gasteiger partial charge is 0.00774 e. The van der Waals surface area contributed by atoms with Gasteiger partial charge in [-0.3, -0.25) is 0 Å². The molecule has 0 spiro atoms. The van der Waals surface area contributed by atoms with Gasteiger partial charge in [0.2, 0.25) is 0 Å². The maximum absolute atomic E-state index is 5.83. The summed E-state index contributed by atoms with van der Waals surface area (Å²) in [5.74, 6) is 0. The second kappa shape index (κ2) is 9.79. The van der Waals surface area contributed by atoms with Crippen molar-refractivity contribution in [1.82, 2.24) is 0 Å². The third-order valence-electron chi connectivity index (χ3n) is 2.28. The van der Waals surface area contributed by atoms with Crippen LogP contribution in [0.15, 0.2) is 21.7 Å². The second-order valence-electron chi connectivity index (χ2n) is 3.48. The molecular formula is C12H20BrCl. The zero-order valence-corrected chi connectivity index (χ0v) is 11.5. The van der Waals surface area contributed by atoms with Gasteiger partial charge < -0.3 is 0 Å². The van der Waals surface area contributed by atoms with Crippen LogP contribution in [-0.2, 0) is 0 Å². The van der Waals surface area contributed by atoms with Gasteiger partial charge in [0.05, 0.1) is 0 Å². The fraction of sp³-hybridized carbons (Fsp3) is 0.667. The van der Waals surface area contributed by atoms with Crippen molar-refractivity contribution in [3.05, 3.63) is 21.7 Å². The Kier molecular flexibility index (Phi) is 9.97. The molecule has 0 N–H and O–H groups in total. The highest BCUT2D eigenvalue weighted by atomic mass is 79.9. The Morgan fingerprint density at radius 2 is 1.57 bits per heavy atom. The van der Waals surface area contributed by atoms with Crippen molar-refractivity contribution in [2.45, 2.75) is 52.4 Å². The van der Waals surface area contributed by atoms with E-state index in [2.05, 4.69) is 29.8 Å². The Hall–Kier alpha value is 0.250. The van der Waals surface area contributed by atoms with Crippen LogP contribution in [0.25, 0.3) is 0 Å². The van der Waals surface area contributed by atoms with Gasteiger partial charge >= 0.3 is 0 Å². The molecule has 14 heavy (non-hydrogen) atoms. The van der Waals surface area contributed by atoms with Crippen LogP contribution >= 0.6 is 27.5 Å². The van der Waals surface area contributed by atoms with Crippen molar-refractivity contribution >= 4 is 27.5 Å². The van der Waals surface area contributed by atoms with E-state index < -0.39 is 0 Å². The summed E-state index contributed by atoms with van der Waals surface area (Å²) in [6.07, 6.45) is 7.13. The summed E-state index contributed by atoms with van der Waals surface area (Å²) >= 11 is 9.25. The third-order valence-corrected chi connectivity index (χ3v) is 3.09. The molecule has 0 aromatic heterocycles. The molecular weight excluding hydrogens is 259 g/mol. The van der Waals surface area contributed by atoms with Crippen molar-refractivity contribution < 1.29 is 0 Å². The molecule has 0 fully saturated rings. The van der Waals surface area contributed by atoms with E-state index in [0.29, 0.717) is 0 Å².